The predicted molar refractivity (Wildman–Crippen MR) is 108 cm³/mol. The normalized spacial score (nSPS) is 10.7. The van der Waals surface area contributed by atoms with Crippen LogP contribution in [0, 0.1) is 0 Å². The van der Waals surface area contributed by atoms with Crippen LogP contribution in [0.15, 0.2) is 72.9 Å². The van der Waals surface area contributed by atoms with Crippen LogP contribution in [0.3, 0.4) is 0 Å². The first-order valence-corrected chi connectivity index (χ1v) is 8.57. The third-order valence-corrected chi connectivity index (χ3v) is 4.30. The Bertz CT molecular complexity index is 1180. The summed E-state index contributed by atoms with van der Waals surface area (Å²) in [5, 5.41) is 8.59. The molecular formula is C22H17N3O2. The lowest BCUT2D eigenvalue weighted by atomic mass is 10.0. The fourth-order valence-electron chi connectivity index (χ4n) is 3.18. The van der Waals surface area contributed by atoms with E-state index in [1.807, 2.05) is 42.5 Å². The van der Waals surface area contributed by atoms with Crippen LogP contribution in [0.2, 0.25) is 0 Å². The topological polar surface area (TPSA) is 71.1 Å². The zero-order valence-corrected chi connectivity index (χ0v) is 14.7. The first-order valence-electron chi connectivity index (χ1n) is 8.57. The Labute approximate surface area is 156 Å². The first-order chi connectivity index (χ1) is 13.1. The van der Waals surface area contributed by atoms with E-state index in [0.29, 0.717) is 22.5 Å². The summed E-state index contributed by atoms with van der Waals surface area (Å²) in [5.41, 5.74) is 2.39. The smallest absolute Gasteiger partial charge is 0.257 e. The van der Waals surface area contributed by atoms with Crippen LogP contribution in [0.5, 0.6) is 0 Å². The number of carbonyl (C=O) groups is 2. The van der Waals surface area contributed by atoms with Crippen molar-refractivity contribution in [2.75, 3.05) is 10.6 Å². The van der Waals surface area contributed by atoms with Crippen molar-refractivity contribution in [3.63, 3.8) is 0 Å². The lowest BCUT2D eigenvalue weighted by Gasteiger charge is -2.11. The molecule has 132 valence electrons. The lowest BCUT2D eigenvalue weighted by molar-refractivity contribution is -0.114. The Hall–Kier alpha value is -3.73. The van der Waals surface area contributed by atoms with Crippen LogP contribution in [-0.4, -0.2) is 16.8 Å². The molecule has 2 N–H and O–H groups in total. The van der Waals surface area contributed by atoms with Gasteiger partial charge in [0.2, 0.25) is 5.91 Å². The van der Waals surface area contributed by atoms with Crippen LogP contribution in [-0.2, 0) is 4.79 Å². The number of nitrogens with zero attached hydrogens (tertiary/aromatic N) is 1. The lowest BCUT2D eigenvalue weighted by Crippen LogP contribution is -2.13. The number of amides is 2. The molecule has 0 spiro atoms. The van der Waals surface area contributed by atoms with Gasteiger partial charge in [-0.25, -0.2) is 0 Å². The molecule has 0 radical (unpaired) electrons. The van der Waals surface area contributed by atoms with Crippen LogP contribution in [0.4, 0.5) is 11.4 Å². The maximum absolute atomic E-state index is 13.0. The van der Waals surface area contributed by atoms with Gasteiger partial charge in [0.25, 0.3) is 5.91 Å². The van der Waals surface area contributed by atoms with Gasteiger partial charge in [-0.1, -0.05) is 36.4 Å². The van der Waals surface area contributed by atoms with E-state index in [-0.39, 0.29) is 11.8 Å². The standard InChI is InChI=1S/C22H17N3O2/c1-14(26)24-16-7-4-8-17(13-16)25-22(27)20-12-15-6-2-3-9-18(15)19-10-5-11-23-21(19)20/h2-13H,1H3,(H,24,26)(H,25,27). The maximum Gasteiger partial charge on any atom is 0.257 e. The van der Waals surface area contributed by atoms with E-state index in [4.69, 9.17) is 0 Å². The Morgan fingerprint density at radius 2 is 1.56 bits per heavy atom. The average Bonchev–Trinajstić information content (AvgIpc) is 2.67. The van der Waals surface area contributed by atoms with E-state index >= 15 is 0 Å². The highest BCUT2D eigenvalue weighted by molar-refractivity contribution is 6.18. The summed E-state index contributed by atoms with van der Waals surface area (Å²) in [5.74, 6) is -0.410. The first kappa shape index (κ1) is 16.7. The van der Waals surface area contributed by atoms with Gasteiger partial charge in [-0.3, -0.25) is 14.6 Å². The summed E-state index contributed by atoms with van der Waals surface area (Å²) in [6.07, 6.45) is 1.69. The van der Waals surface area contributed by atoms with Gasteiger partial charge < -0.3 is 10.6 Å². The Morgan fingerprint density at radius 3 is 2.37 bits per heavy atom. The molecule has 5 nitrogen and oxygen atoms in total. The van der Waals surface area contributed by atoms with Gasteiger partial charge in [0, 0.05) is 29.9 Å². The number of hydrogen-bond acceptors (Lipinski definition) is 3. The highest BCUT2D eigenvalue weighted by atomic mass is 16.2. The van der Waals surface area contributed by atoms with E-state index < -0.39 is 0 Å². The Balaban J connectivity index is 1.75. The van der Waals surface area contributed by atoms with Gasteiger partial charge in [-0.2, -0.15) is 0 Å². The molecule has 1 heterocycles. The van der Waals surface area contributed by atoms with Crippen molar-refractivity contribution < 1.29 is 9.59 Å². The summed E-state index contributed by atoms with van der Waals surface area (Å²) >= 11 is 0. The van der Waals surface area contributed by atoms with E-state index in [0.717, 1.165) is 16.2 Å². The summed E-state index contributed by atoms with van der Waals surface area (Å²) in [4.78, 5) is 28.6. The van der Waals surface area contributed by atoms with Crippen LogP contribution < -0.4 is 10.6 Å². The summed E-state index contributed by atoms with van der Waals surface area (Å²) in [6.45, 7) is 1.44. The van der Waals surface area contributed by atoms with Crippen molar-refractivity contribution in [3.05, 3.63) is 78.5 Å². The molecule has 0 aliphatic carbocycles. The molecule has 0 aliphatic rings. The minimum absolute atomic E-state index is 0.164. The molecule has 5 heteroatoms. The van der Waals surface area contributed by atoms with E-state index in [1.165, 1.54) is 6.92 Å². The van der Waals surface area contributed by atoms with Crippen molar-refractivity contribution in [2.45, 2.75) is 6.92 Å². The minimum atomic E-state index is -0.246. The van der Waals surface area contributed by atoms with Crippen molar-refractivity contribution >= 4 is 44.9 Å². The number of benzene rings is 3. The number of pyridine rings is 1. The number of carbonyl (C=O) groups excluding carboxylic acids is 2. The fourth-order valence-corrected chi connectivity index (χ4v) is 3.18. The number of rotatable bonds is 3. The number of aromatic nitrogens is 1. The molecule has 0 aliphatic heterocycles. The van der Waals surface area contributed by atoms with Gasteiger partial charge in [0.15, 0.2) is 0 Å². The molecule has 0 unspecified atom stereocenters. The van der Waals surface area contributed by atoms with E-state index in [9.17, 15) is 9.59 Å². The number of anilines is 2. The van der Waals surface area contributed by atoms with Crippen LogP contribution in [0.25, 0.3) is 21.7 Å². The van der Waals surface area contributed by atoms with Gasteiger partial charge in [-0.05, 0) is 41.1 Å². The number of fused-ring (bicyclic) bond motifs is 3. The monoisotopic (exact) mass is 355 g/mol. The van der Waals surface area contributed by atoms with Crippen molar-refractivity contribution in [1.82, 2.24) is 4.98 Å². The zero-order chi connectivity index (χ0) is 18.8. The second kappa shape index (κ2) is 6.88. The second-order valence-electron chi connectivity index (χ2n) is 6.26. The molecular weight excluding hydrogens is 338 g/mol. The van der Waals surface area contributed by atoms with E-state index in [1.54, 1.807) is 30.5 Å². The average molecular weight is 355 g/mol. The van der Waals surface area contributed by atoms with Crippen molar-refractivity contribution in [2.24, 2.45) is 0 Å². The molecule has 4 rings (SSSR count). The molecule has 0 saturated heterocycles. The van der Waals surface area contributed by atoms with Crippen molar-refractivity contribution in [1.29, 1.82) is 0 Å². The molecule has 2 amide bonds. The number of nitrogens with one attached hydrogen (secondary N) is 2. The molecule has 4 aromatic rings. The highest BCUT2D eigenvalue weighted by Gasteiger charge is 2.14. The van der Waals surface area contributed by atoms with Crippen molar-refractivity contribution in [3.8, 4) is 0 Å². The van der Waals surface area contributed by atoms with Gasteiger partial charge in [-0.15, -0.1) is 0 Å². The maximum atomic E-state index is 13.0. The SMILES string of the molecule is CC(=O)Nc1cccc(NC(=O)c2cc3ccccc3c3cccnc23)c1. The molecule has 0 bridgehead atoms. The summed E-state index contributed by atoms with van der Waals surface area (Å²) < 4.78 is 0. The Morgan fingerprint density at radius 1 is 0.815 bits per heavy atom. The molecule has 1 aromatic heterocycles. The van der Waals surface area contributed by atoms with Gasteiger partial charge in [0.1, 0.15) is 0 Å². The summed E-state index contributed by atoms with van der Waals surface area (Å²) in [7, 11) is 0. The molecule has 0 fully saturated rings. The molecule has 27 heavy (non-hydrogen) atoms. The van der Waals surface area contributed by atoms with Crippen LogP contribution in [0.1, 0.15) is 17.3 Å². The largest absolute Gasteiger partial charge is 0.326 e. The third-order valence-electron chi connectivity index (χ3n) is 4.30. The quantitative estimate of drug-likeness (QED) is 0.528. The highest BCUT2D eigenvalue weighted by Crippen LogP contribution is 2.28. The second-order valence-corrected chi connectivity index (χ2v) is 6.26. The summed E-state index contributed by atoms with van der Waals surface area (Å²) in [6, 6.07) is 20.7. The zero-order valence-electron chi connectivity index (χ0n) is 14.7. The molecule has 0 atom stereocenters. The third kappa shape index (κ3) is 3.35. The fraction of sp³-hybridized carbons (Fsp3) is 0.0455. The Kier molecular flexibility index (Phi) is 4.26. The van der Waals surface area contributed by atoms with Gasteiger partial charge in [0.05, 0.1) is 11.1 Å². The molecule has 0 saturated carbocycles. The molecule has 3 aromatic carbocycles. The van der Waals surface area contributed by atoms with E-state index in [2.05, 4.69) is 15.6 Å². The predicted octanol–water partition coefficient (Wildman–Crippen LogP) is 4.60. The minimum Gasteiger partial charge on any atom is -0.326 e. The van der Waals surface area contributed by atoms with Gasteiger partial charge >= 0.3 is 0 Å². The number of hydrogen-bond donors (Lipinski definition) is 2. The van der Waals surface area contributed by atoms with Crippen LogP contribution >= 0.6 is 0 Å².